The van der Waals surface area contributed by atoms with E-state index in [1.807, 2.05) is 0 Å². The molecule has 1 fully saturated rings. The SMILES string of the molecule is OCCOCCCCCCCCCCCC#CC1CCCCC1. The average Bonchev–Trinajstić information content (AvgIpc) is 2.59. The molecule has 0 aromatic heterocycles. The smallest absolute Gasteiger partial charge is 0.0697 e. The van der Waals surface area contributed by atoms with Crippen molar-refractivity contribution in [3.05, 3.63) is 0 Å². The van der Waals surface area contributed by atoms with Gasteiger partial charge in [0.2, 0.25) is 0 Å². The Bertz CT molecular complexity index is 297. The molecule has 0 aromatic carbocycles. The van der Waals surface area contributed by atoms with Crippen molar-refractivity contribution in [2.75, 3.05) is 19.8 Å². The summed E-state index contributed by atoms with van der Waals surface area (Å²) in [6, 6.07) is 0. The molecule has 0 spiro atoms. The maximum absolute atomic E-state index is 8.58. The van der Waals surface area contributed by atoms with Gasteiger partial charge in [-0.15, -0.1) is 5.92 Å². The fourth-order valence-electron chi connectivity index (χ4n) is 3.28. The fourth-order valence-corrected chi connectivity index (χ4v) is 3.28. The molecule has 0 radical (unpaired) electrons. The van der Waals surface area contributed by atoms with E-state index in [1.54, 1.807) is 0 Å². The van der Waals surface area contributed by atoms with E-state index in [0.29, 0.717) is 6.61 Å². The normalized spacial score (nSPS) is 15.3. The van der Waals surface area contributed by atoms with E-state index < -0.39 is 0 Å². The van der Waals surface area contributed by atoms with E-state index >= 15 is 0 Å². The number of aliphatic hydroxyl groups excluding tert-OH is 1. The molecule has 2 nitrogen and oxygen atoms in total. The Morgan fingerprint density at radius 1 is 0.739 bits per heavy atom. The van der Waals surface area contributed by atoms with E-state index in [-0.39, 0.29) is 6.61 Å². The largest absolute Gasteiger partial charge is 0.394 e. The lowest BCUT2D eigenvalue weighted by Crippen LogP contribution is -2.02. The lowest BCUT2D eigenvalue weighted by atomic mass is 9.90. The second kappa shape index (κ2) is 16.3. The molecule has 2 heteroatoms. The van der Waals surface area contributed by atoms with Crippen molar-refractivity contribution in [3.63, 3.8) is 0 Å². The Labute approximate surface area is 144 Å². The summed E-state index contributed by atoms with van der Waals surface area (Å²) >= 11 is 0. The monoisotopic (exact) mass is 322 g/mol. The van der Waals surface area contributed by atoms with Crippen LogP contribution in [0.5, 0.6) is 0 Å². The van der Waals surface area contributed by atoms with Crippen LogP contribution in [0.3, 0.4) is 0 Å². The average molecular weight is 323 g/mol. The highest BCUT2D eigenvalue weighted by molar-refractivity contribution is 5.04. The molecular weight excluding hydrogens is 284 g/mol. The zero-order chi connectivity index (χ0) is 16.4. The maximum Gasteiger partial charge on any atom is 0.0697 e. The number of aliphatic hydroxyl groups is 1. The van der Waals surface area contributed by atoms with Gasteiger partial charge in [0.05, 0.1) is 13.2 Å². The fraction of sp³-hybridized carbons (Fsp3) is 0.905. The van der Waals surface area contributed by atoms with Gasteiger partial charge in [0.25, 0.3) is 0 Å². The molecule has 23 heavy (non-hydrogen) atoms. The van der Waals surface area contributed by atoms with Crippen molar-refractivity contribution in [3.8, 4) is 11.8 Å². The summed E-state index contributed by atoms with van der Waals surface area (Å²) in [5.41, 5.74) is 0. The van der Waals surface area contributed by atoms with Crippen LogP contribution < -0.4 is 0 Å². The number of unbranched alkanes of at least 4 members (excludes halogenated alkanes) is 9. The van der Waals surface area contributed by atoms with Gasteiger partial charge in [0, 0.05) is 18.9 Å². The second-order valence-corrected chi connectivity index (χ2v) is 6.92. The van der Waals surface area contributed by atoms with Crippen molar-refractivity contribution >= 4 is 0 Å². The van der Waals surface area contributed by atoms with Crippen LogP contribution in [0.2, 0.25) is 0 Å². The molecule has 0 unspecified atom stereocenters. The van der Waals surface area contributed by atoms with Crippen molar-refractivity contribution < 1.29 is 9.84 Å². The van der Waals surface area contributed by atoms with Gasteiger partial charge in [-0.2, -0.15) is 0 Å². The van der Waals surface area contributed by atoms with Gasteiger partial charge in [0.15, 0.2) is 0 Å². The summed E-state index contributed by atoms with van der Waals surface area (Å²) < 4.78 is 5.25. The summed E-state index contributed by atoms with van der Waals surface area (Å²) in [5, 5.41) is 8.58. The predicted octanol–water partition coefficient (Wildman–Crippen LogP) is 5.48. The third kappa shape index (κ3) is 13.6. The first-order valence-corrected chi connectivity index (χ1v) is 10.1. The van der Waals surface area contributed by atoms with Crippen LogP contribution in [0.4, 0.5) is 0 Å². The molecule has 0 saturated heterocycles. The van der Waals surface area contributed by atoms with E-state index in [1.165, 1.54) is 83.5 Å². The summed E-state index contributed by atoms with van der Waals surface area (Å²) in [5.74, 6) is 7.63. The summed E-state index contributed by atoms with van der Waals surface area (Å²) in [4.78, 5) is 0. The van der Waals surface area contributed by atoms with Crippen LogP contribution in [-0.4, -0.2) is 24.9 Å². The first-order valence-electron chi connectivity index (χ1n) is 10.1. The minimum atomic E-state index is 0.145. The molecule has 0 aliphatic heterocycles. The predicted molar refractivity (Wildman–Crippen MR) is 98.4 cm³/mol. The molecule has 0 aromatic rings. The maximum atomic E-state index is 8.58. The third-order valence-corrected chi connectivity index (χ3v) is 4.74. The van der Waals surface area contributed by atoms with Crippen LogP contribution in [0.1, 0.15) is 96.3 Å². The molecular formula is C21H38O2. The number of rotatable bonds is 13. The molecule has 1 aliphatic rings. The second-order valence-electron chi connectivity index (χ2n) is 6.92. The van der Waals surface area contributed by atoms with Crippen LogP contribution in [0.25, 0.3) is 0 Å². The van der Waals surface area contributed by atoms with E-state index in [9.17, 15) is 0 Å². The van der Waals surface area contributed by atoms with Crippen molar-refractivity contribution in [2.24, 2.45) is 5.92 Å². The van der Waals surface area contributed by atoms with Gasteiger partial charge in [-0.3, -0.25) is 0 Å². The number of ether oxygens (including phenoxy) is 1. The van der Waals surface area contributed by atoms with Crippen molar-refractivity contribution in [2.45, 2.75) is 96.3 Å². The van der Waals surface area contributed by atoms with Crippen LogP contribution >= 0.6 is 0 Å². The molecule has 0 amide bonds. The summed E-state index contributed by atoms with van der Waals surface area (Å²) in [7, 11) is 0. The Kier molecular flexibility index (Phi) is 14.6. The Morgan fingerprint density at radius 3 is 2.00 bits per heavy atom. The Hall–Kier alpha value is -0.520. The summed E-state index contributed by atoms with van der Waals surface area (Å²) in [6.07, 6.45) is 19.9. The van der Waals surface area contributed by atoms with Crippen molar-refractivity contribution in [1.29, 1.82) is 0 Å². The first-order chi connectivity index (χ1) is 11.4. The molecule has 0 heterocycles. The highest BCUT2D eigenvalue weighted by Gasteiger charge is 2.09. The molecule has 1 rings (SSSR count). The van der Waals surface area contributed by atoms with Gasteiger partial charge < -0.3 is 9.84 Å². The molecule has 1 N–H and O–H groups in total. The third-order valence-electron chi connectivity index (χ3n) is 4.74. The lowest BCUT2D eigenvalue weighted by Gasteiger charge is -2.15. The van der Waals surface area contributed by atoms with Gasteiger partial charge in [0.1, 0.15) is 0 Å². The van der Waals surface area contributed by atoms with Crippen LogP contribution in [0, 0.1) is 17.8 Å². The summed E-state index contributed by atoms with van der Waals surface area (Å²) in [6.45, 7) is 1.44. The quantitative estimate of drug-likeness (QED) is 0.359. The van der Waals surface area contributed by atoms with E-state index in [2.05, 4.69) is 11.8 Å². The molecule has 1 saturated carbocycles. The highest BCUT2D eigenvalue weighted by Crippen LogP contribution is 2.22. The number of hydrogen-bond acceptors (Lipinski definition) is 2. The van der Waals surface area contributed by atoms with Gasteiger partial charge in [-0.05, 0) is 25.7 Å². The van der Waals surface area contributed by atoms with Crippen molar-refractivity contribution in [1.82, 2.24) is 0 Å². The van der Waals surface area contributed by atoms with Gasteiger partial charge >= 0.3 is 0 Å². The Morgan fingerprint density at radius 2 is 1.35 bits per heavy atom. The van der Waals surface area contributed by atoms with E-state index in [4.69, 9.17) is 9.84 Å². The lowest BCUT2D eigenvalue weighted by molar-refractivity contribution is 0.0895. The highest BCUT2D eigenvalue weighted by atomic mass is 16.5. The Balaban J connectivity index is 1.74. The van der Waals surface area contributed by atoms with Gasteiger partial charge in [-0.1, -0.05) is 70.1 Å². The van der Waals surface area contributed by atoms with Crippen LogP contribution in [0.15, 0.2) is 0 Å². The van der Waals surface area contributed by atoms with E-state index in [0.717, 1.165) is 25.4 Å². The van der Waals surface area contributed by atoms with Crippen LogP contribution in [-0.2, 0) is 4.74 Å². The molecule has 0 bridgehead atoms. The van der Waals surface area contributed by atoms with Gasteiger partial charge in [-0.25, -0.2) is 0 Å². The standard InChI is InChI=1S/C21H38O2/c22-18-20-23-19-14-9-7-5-3-1-2-4-6-8-11-15-21-16-12-10-13-17-21/h21-22H,1-10,12-14,16-20H2. The zero-order valence-corrected chi connectivity index (χ0v) is 15.2. The minimum Gasteiger partial charge on any atom is -0.394 e. The first kappa shape index (κ1) is 20.5. The molecule has 0 atom stereocenters. The zero-order valence-electron chi connectivity index (χ0n) is 15.2. The molecule has 1 aliphatic carbocycles. The number of hydrogen-bond donors (Lipinski definition) is 1. The minimum absolute atomic E-state index is 0.145. The topological polar surface area (TPSA) is 29.5 Å². The molecule has 134 valence electrons.